The minimum Gasteiger partial charge on any atom is -0.464 e. The predicted molar refractivity (Wildman–Crippen MR) is 139 cm³/mol. The van der Waals surface area contributed by atoms with E-state index in [4.69, 9.17) is 37.5 Å². The Bertz CT molecular complexity index is 1120. The van der Waals surface area contributed by atoms with Gasteiger partial charge in [-0.2, -0.15) is 0 Å². The summed E-state index contributed by atoms with van der Waals surface area (Å²) in [5.41, 5.74) is 1.55. The lowest BCUT2D eigenvalue weighted by Crippen LogP contribution is -2.48. The van der Waals surface area contributed by atoms with Crippen LogP contribution in [0.4, 0.5) is 5.69 Å². The highest BCUT2D eigenvalue weighted by molar-refractivity contribution is 6.40. The summed E-state index contributed by atoms with van der Waals surface area (Å²) in [6.07, 6.45) is 4.08. The Kier molecular flexibility index (Phi) is 10.7. The van der Waals surface area contributed by atoms with Crippen LogP contribution >= 0.6 is 23.2 Å². The zero-order valence-electron chi connectivity index (χ0n) is 20.5. The van der Waals surface area contributed by atoms with E-state index < -0.39 is 23.8 Å². The molecule has 37 heavy (non-hydrogen) atoms. The molecule has 2 aromatic rings. The fraction of sp³-hybridized carbons (Fsp3) is 0.400. The number of hydrogen-bond acceptors (Lipinski definition) is 8. The van der Waals surface area contributed by atoms with Crippen molar-refractivity contribution in [1.29, 1.82) is 0 Å². The largest absolute Gasteiger partial charge is 0.464 e. The molecular formula is C25H28Cl2N4O6. The molecule has 1 atom stereocenters. The van der Waals surface area contributed by atoms with Crippen molar-refractivity contribution in [2.24, 2.45) is 11.1 Å². The van der Waals surface area contributed by atoms with E-state index in [-0.39, 0.29) is 40.3 Å². The Morgan fingerprint density at radius 3 is 2.38 bits per heavy atom. The van der Waals surface area contributed by atoms with Crippen molar-refractivity contribution in [1.82, 2.24) is 10.3 Å². The highest BCUT2D eigenvalue weighted by Crippen LogP contribution is 2.24. The maximum Gasteiger partial charge on any atom is 0.328 e. The zero-order chi connectivity index (χ0) is 26.8. The lowest BCUT2D eigenvalue weighted by Gasteiger charge is -2.24. The number of anilines is 1. The van der Waals surface area contributed by atoms with Crippen LogP contribution in [0, 0.1) is 5.92 Å². The number of aromatic nitrogens is 1. The molecule has 1 saturated heterocycles. The van der Waals surface area contributed by atoms with Gasteiger partial charge in [0.15, 0.2) is 0 Å². The number of nitrogens with one attached hydrogen (secondary N) is 2. The smallest absolute Gasteiger partial charge is 0.328 e. The Morgan fingerprint density at radius 1 is 1.14 bits per heavy atom. The van der Waals surface area contributed by atoms with Crippen LogP contribution in [-0.4, -0.2) is 61.5 Å². The molecule has 1 aromatic carbocycles. The SMILES string of the molecule is CCOC(=O)[C@H](Cc1ccc(NC(=O)c2c(Cl)cncc2Cl)cc1)NC(=O)C(=NOC)C1CCOCC1. The van der Waals surface area contributed by atoms with Gasteiger partial charge in [0.1, 0.15) is 18.9 Å². The van der Waals surface area contributed by atoms with Crippen LogP contribution in [0.5, 0.6) is 0 Å². The fourth-order valence-corrected chi connectivity index (χ4v) is 4.36. The van der Waals surface area contributed by atoms with Crippen molar-refractivity contribution in [2.75, 3.05) is 32.2 Å². The molecule has 1 aromatic heterocycles. The van der Waals surface area contributed by atoms with Gasteiger partial charge in [-0.15, -0.1) is 0 Å². The topological polar surface area (TPSA) is 128 Å². The second kappa shape index (κ2) is 13.9. The van der Waals surface area contributed by atoms with Gasteiger partial charge in [-0.05, 0) is 37.5 Å². The molecule has 0 saturated carbocycles. The first-order valence-corrected chi connectivity index (χ1v) is 12.4. The fourth-order valence-electron chi connectivity index (χ4n) is 3.82. The van der Waals surface area contributed by atoms with Crippen molar-refractivity contribution < 1.29 is 28.7 Å². The first-order chi connectivity index (χ1) is 17.8. The number of nitrogens with zero attached hydrogens (tertiary/aromatic N) is 2. The Morgan fingerprint density at radius 2 is 1.78 bits per heavy atom. The molecule has 0 unspecified atom stereocenters. The molecule has 1 fully saturated rings. The zero-order valence-corrected chi connectivity index (χ0v) is 22.0. The Hall–Kier alpha value is -3.21. The molecule has 0 spiro atoms. The standard InChI is InChI=1S/C25H28Cl2N4O6/c1-3-37-25(34)20(30-24(33)22(31-35-2)16-8-10-36-11-9-16)12-15-4-6-17(7-5-15)29-23(32)21-18(26)13-28-14-19(21)27/h4-7,13-14,16,20H,3,8-12H2,1-2H3,(H,29,32)(H,30,33)/t20-/m0/s1. The summed E-state index contributed by atoms with van der Waals surface area (Å²) in [6, 6.07) is 5.84. The highest BCUT2D eigenvalue weighted by Gasteiger charge is 2.30. The third kappa shape index (κ3) is 7.88. The molecule has 2 amide bonds. The lowest BCUT2D eigenvalue weighted by atomic mass is 9.93. The highest BCUT2D eigenvalue weighted by atomic mass is 35.5. The quantitative estimate of drug-likeness (QED) is 0.262. The van der Waals surface area contributed by atoms with Crippen LogP contribution in [-0.2, 0) is 30.3 Å². The summed E-state index contributed by atoms with van der Waals surface area (Å²) in [7, 11) is 1.37. The van der Waals surface area contributed by atoms with Crippen LogP contribution in [0.25, 0.3) is 0 Å². The van der Waals surface area contributed by atoms with Crippen LogP contribution in [0.1, 0.15) is 35.7 Å². The maximum atomic E-state index is 13.1. The Labute approximate surface area is 224 Å². The number of oxime groups is 1. The van der Waals surface area contributed by atoms with Crippen molar-refractivity contribution in [3.05, 3.63) is 57.8 Å². The van der Waals surface area contributed by atoms with E-state index in [0.29, 0.717) is 31.7 Å². The molecular weight excluding hydrogens is 523 g/mol. The third-order valence-electron chi connectivity index (χ3n) is 5.64. The second-order valence-corrected chi connectivity index (χ2v) is 8.97. The average molecular weight is 551 g/mol. The number of halogens is 2. The number of rotatable bonds is 10. The predicted octanol–water partition coefficient (Wildman–Crippen LogP) is 3.66. The Balaban J connectivity index is 1.71. The van der Waals surface area contributed by atoms with Gasteiger partial charge in [0, 0.05) is 43.6 Å². The molecule has 2 N–H and O–H groups in total. The summed E-state index contributed by atoms with van der Waals surface area (Å²) < 4.78 is 10.5. The molecule has 1 aliphatic rings. The monoisotopic (exact) mass is 550 g/mol. The summed E-state index contributed by atoms with van der Waals surface area (Å²) in [6.45, 7) is 2.89. The van der Waals surface area contributed by atoms with E-state index >= 15 is 0 Å². The van der Waals surface area contributed by atoms with E-state index in [1.54, 1.807) is 31.2 Å². The minimum absolute atomic E-state index is 0.116. The number of ether oxygens (including phenoxy) is 2. The van der Waals surface area contributed by atoms with E-state index in [1.165, 1.54) is 19.5 Å². The van der Waals surface area contributed by atoms with Gasteiger partial charge in [-0.3, -0.25) is 14.6 Å². The molecule has 198 valence electrons. The van der Waals surface area contributed by atoms with E-state index in [0.717, 1.165) is 5.56 Å². The van der Waals surface area contributed by atoms with Crippen LogP contribution in [0.3, 0.4) is 0 Å². The molecule has 10 nitrogen and oxygen atoms in total. The number of esters is 1. The first kappa shape index (κ1) is 28.4. The van der Waals surface area contributed by atoms with Gasteiger partial charge < -0.3 is 24.9 Å². The summed E-state index contributed by atoms with van der Waals surface area (Å²) in [5.74, 6) is -1.69. The van der Waals surface area contributed by atoms with Crippen LogP contribution < -0.4 is 10.6 Å². The average Bonchev–Trinajstić information content (AvgIpc) is 2.88. The van der Waals surface area contributed by atoms with Crippen LogP contribution in [0.15, 0.2) is 41.8 Å². The number of benzene rings is 1. The van der Waals surface area contributed by atoms with Gasteiger partial charge in [0.25, 0.3) is 11.8 Å². The summed E-state index contributed by atoms with van der Waals surface area (Å²) >= 11 is 12.1. The van der Waals surface area contributed by atoms with Gasteiger partial charge in [0.2, 0.25) is 0 Å². The van der Waals surface area contributed by atoms with Crippen molar-refractivity contribution in [2.45, 2.75) is 32.2 Å². The molecule has 12 heteroatoms. The van der Waals surface area contributed by atoms with Gasteiger partial charge in [-0.25, -0.2) is 4.79 Å². The van der Waals surface area contributed by atoms with Crippen molar-refractivity contribution in [3.8, 4) is 0 Å². The molecule has 0 bridgehead atoms. The van der Waals surface area contributed by atoms with E-state index in [9.17, 15) is 14.4 Å². The lowest BCUT2D eigenvalue weighted by molar-refractivity contribution is -0.146. The maximum absolute atomic E-state index is 13.1. The number of amides is 2. The third-order valence-corrected chi connectivity index (χ3v) is 6.21. The molecule has 2 heterocycles. The van der Waals surface area contributed by atoms with Gasteiger partial charge >= 0.3 is 5.97 Å². The van der Waals surface area contributed by atoms with Crippen LogP contribution in [0.2, 0.25) is 10.0 Å². The van der Waals surface area contributed by atoms with Crippen molar-refractivity contribution in [3.63, 3.8) is 0 Å². The van der Waals surface area contributed by atoms with E-state index in [1.807, 2.05) is 0 Å². The number of carbonyl (C=O) groups excluding carboxylic acids is 3. The summed E-state index contributed by atoms with van der Waals surface area (Å²) in [5, 5.41) is 9.65. The second-order valence-electron chi connectivity index (χ2n) is 8.16. The number of pyridine rings is 1. The minimum atomic E-state index is -0.954. The number of hydrogen-bond donors (Lipinski definition) is 2. The molecule has 1 aliphatic heterocycles. The van der Waals surface area contributed by atoms with Crippen molar-refractivity contribution >= 4 is 52.4 Å². The molecule has 0 radical (unpaired) electrons. The van der Waals surface area contributed by atoms with E-state index in [2.05, 4.69) is 20.8 Å². The number of carbonyl (C=O) groups is 3. The summed E-state index contributed by atoms with van der Waals surface area (Å²) in [4.78, 5) is 47.1. The molecule has 3 rings (SSSR count). The normalized spacial score (nSPS) is 15.0. The van der Waals surface area contributed by atoms with Gasteiger partial charge in [0.05, 0.1) is 22.2 Å². The molecule has 0 aliphatic carbocycles. The van der Waals surface area contributed by atoms with Gasteiger partial charge in [-0.1, -0.05) is 40.5 Å². The first-order valence-electron chi connectivity index (χ1n) is 11.7.